The maximum Gasteiger partial charge on any atom is 0.0640 e. The summed E-state index contributed by atoms with van der Waals surface area (Å²) in [6.45, 7) is 2.27. The van der Waals surface area contributed by atoms with Crippen LogP contribution in [-0.4, -0.2) is 0 Å². The van der Waals surface area contributed by atoms with Gasteiger partial charge in [0.05, 0.1) is 5.38 Å². The highest BCUT2D eigenvalue weighted by Gasteiger charge is 2.16. The molecule has 0 N–H and O–H groups in total. The molecule has 1 aliphatic carbocycles. The van der Waals surface area contributed by atoms with Gasteiger partial charge < -0.3 is 0 Å². The van der Waals surface area contributed by atoms with Gasteiger partial charge in [0.1, 0.15) is 0 Å². The van der Waals surface area contributed by atoms with Crippen molar-refractivity contribution < 1.29 is 0 Å². The van der Waals surface area contributed by atoms with Crippen molar-refractivity contribution in [3.8, 4) is 0 Å². The molecule has 1 atom stereocenters. The van der Waals surface area contributed by atoms with E-state index in [9.17, 15) is 0 Å². The lowest BCUT2D eigenvalue weighted by Gasteiger charge is -2.20. The lowest BCUT2D eigenvalue weighted by Crippen LogP contribution is -2.06. The number of hydrogen-bond donors (Lipinski definition) is 0. The summed E-state index contributed by atoms with van der Waals surface area (Å²) < 4.78 is 0. The third-order valence-corrected chi connectivity index (χ3v) is 2.06. The molecule has 0 aromatic rings. The molecule has 0 aliphatic heterocycles. The van der Waals surface area contributed by atoms with Gasteiger partial charge in [-0.1, -0.05) is 19.8 Å². The van der Waals surface area contributed by atoms with Gasteiger partial charge in [-0.05, 0) is 18.8 Å². The highest BCUT2D eigenvalue weighted by molar-refractivity contribution is 6.26. The first-order valence-corrected chi connectivity index (χ1v) is 3.67. The Morgan fingerprint density at radius 2 is 2.38 bits per heavy atom. The smallest absolute Gasteiger partial charge is 0.0640 e. The Kier molecular flexibility index (Phi) is 2.18. The Hall–Kier alpha value is 0.290. The van der Waals surface area contributed by atoms with Crippen LogP contribution in [0.25, 0.3) is 0 Å². The molecule has 1 radical (unpaired) electrons. The molecule has 8 heavy (non-hydrogen) atoms. The minimum Gasteiger partial charge on any atom is -0.117 e. The number of hydrogen-bond acceptors (Lipinski definition) is 0. The first-order valence-electron chi connectivity index (χ1n) is 3.29. The minimum absolute atomic E-state index is 0.844. The van der Waals surface area contributed by atoms with E-state index >= 15 is 0 Å². The summed E-state index contributed by atoms with van der Waals surface area (Å²) in [4.78, 5) is 0. The maximum atomic E-state index is 5.83. The molecule has 1 saturated carbocycles. The van der Waals surface area contributed by atoms with Crippen LogP contribution < -0.4 is 0 Å². The number of rotatable bonds is 0. The standard InChI is InChI=1S/C7H12Cl/c1-6-3-2-4-7(8)5-6/h6H,2-5H2,1H3. The first-order chi connectivity index (χ1) is 3.79. The molecule has 0 amide bonds. The van der Waals surface area contributed by atoms with E-state index in [1.807, 2.05) is 0 Å². The number of halogens is 1. The second kappa shape index (κ2) is 2.72. The van der Waals surface area contributed by atoms with E-state index in [1.54, 1.807) is 0 Å². The van der Waals surface area contributed by atoms with Crippen molar-refractivity contribution >= 4 is 11.6 Å². The summed E-state index contributed by atoms with van der Waals surface area (Å²) in [5.74, 6) is 0.844. The van der Waals surface area contributed by atoms with Gasteiger partial charge in [0.25, 0.3) is 0 Å². The van der Waals surface area contributed by atoms with Gasteiger partial charge in [0, 0.05) is 0 Å². The summed E-state index contributed by atoms with van der Waals surface area (Å²) in [6.07, 6.45) is 4.99. The van der Waals surface area contributed by atoms with E-state index in [-0.39, 0.29) is 0 Å². The fraction of sp³-hybridized carbons (Fsp3) is 0.857. The molecule has 1 aliphatic rings. The zero-order chi connectivity index (χ0) is 5.98. The van der Waals surface area contributed by atoms with Crippen LogP contribution in [0.15, 0.2) is 0 Å². The van der Waals surface area contributed by atoms with E-state index < -0.39 is 0 Å². The molecule has 1 unspecified atom stereocenters. The largest absolute Gasteiger partial charge is 0.117 e. The van der Waals surface area contributed by atoms with E-state index in [1.165, 1.54) is 18.2 Å². The van der Waals surface area contributed by atoms with Crippen molar-refractivity contribution in [2.75, 3.05) is 0 Å². The Morgan fingerprint density at radius 3 is 2.75 bits per heavy atom. The summed E-state index contributed by atoms with van der Waals surface area (Å²) in [5, 5.41) is 1.18. The second-order valence-corrected chi connectivity index (χ2v) is 3.25. The third-order valence-electron chi connectivity index (χ3n) is 1.71. The Balaban J connectivity index is 2.23. The lowest BCUT2D eigenvalue weighted by molar-refractivity contribution is 0.436. The van der Waals surface area contributed by atoms with Gasteiger partial charge in [0.2, 0.25) is 0 Å². The van der Waals surface area contributed by atoms with Crippen LogP contribution in [0, 0.1) is 11.3 Å². The molecular weight excluding hydrogens is 120 g/mol. The molecule has 0 spiro atoms. The Bertz CT molecular complexity index is 62.8. The molecule has 1 fully saturated rings. The Labute approximate surface area is 56.2 Å². The molecule has 0 aromatic carbocycles. The second-order valence-electron chi connectivity index (χ2n) is 2.72. The molecule has 0 heterocycles. The van der Waals surface area contributed by atoms with E-state index in [0.717, 1.165) is 18.8 Å². The first kappa shape index (κ1) is 6.41. The molecule has 0 aromatic heterocycles. The van der Waals surface area contributed by atoms with Crippen molar-refractivity contribution in [3.05, 3.63) is 5.38 Å². The molecule has 47 valence electrons. The lowest BCUT2D eigenvalue weighted by atomic mass is 9.91. The van der Waals surface area contributed by atoms with Gasteiger partial charge in [0.15, 0.2) is 0 Å². The quantitative estimate of drug-likeness (QED) is 0.474. The van der Waals surface area contributed by atoms with Crippen molar-refractivity contribution in [2.24, 2.45) is 5.92 Å². The zero-order valence-corrected chi connectivity index (χ0v) is 6.04. The van der Waals surface area contributed by atoms with Crippen LogP contribution >= 0.6 is 11.6 Å². The van der Waals surface area contributed by atoms with E-state index in [2.05, 4.69) is 6.92 Å². The van der Waals surface area contributed by atoms with E-state index in [0.29, 0.717) is 0 Å². The third kappa shape index (κ3) is 1.66. The van der Waals surface area contributed by atoms with Crippen molar-refractivity contribution in [2.45, 2.75) is 32.6 Å². The minimum atomic E-state index is 0.844. The van der Waals surface area contributed by atoms with Gasteiger partial charge in [-0.25, -0.2) is 0 Å². The van der Waals surface area contributed by atoms with Crippen LogP contribution in [0.3, 0.4) is 0 Å². The molecule has 0 bridgehead atoms. The van der Waals surface area contributed by atoms with Gasteiger partial charge in [-0.2, -0.15) is 0 Å². The predicted octanol–water partition coefficient (Wildman–Crippen LogP) is 2.97. The van der Waals surface area contributed by atoms with Crippen molar-refractivity contribution in [1.29, 1.82) is 0 Å². The molecule has 1 rings (SSSR count). The molecule has 1 heteroatoms. The maximum absolute atomic E-state index is 5.83. The average Bonchev–Trinajstić information content (AvgIpc) is 1.64. The fourth-order valence-electron chi connectivity index (χ4n) is 1.22. The van der Waals surface area contributed by atoms with Crippen LogP contribution in [0.5, 0.6) is 0 Å². The molecular formula is C7H12Cl. The monoisotopic (exact) mass is 131 g/mol. The van der Waals surface area contributed by atoms with Gasteiger partial charge in [-0.15, -0.1) is 11.6 Å². The highest BCUT2D eigenvalue weighted by atomic mass is 35.5. The normalized spacial score (nSPS) is 33.0. The summed E-state index contributed by atoms with van der Waals surface area (Å²) in [6, 6.07) is 0. The van der Waals surface area contributed by atoms with Crippen LogP contribution in [-0.2, 0) is 0 Å². The topological polar surface area (TPSA) is 0 Å². The highest BCUT2D eigenvalue weighted by Crippen LogP contribution is 2.32. The van der Waals surface area contributed by atoms with E-state index in [4.69, 9.17) is 11.6 Å². The van der Waals surface area contributed by atoms with Crippen molar-refractivity contribution in [3.63, 3.8) is 0 Å². The average molecular weight is 132 g/mol. The SMILES string of the molecule is CC1CCC[C](Cl)C1. The summed E-state index contributed by atoms with van der Waals surface area (Å²) >= 11 is 5.83. The predicted molar refractivity (Wildman–Crippen MR) is 36.7 cm³/mol. The van der Waals surface area contributed by atoms with Crippen molar-refractivity contribution in [1.82, 2.24) is 0 Å². The van der Waals surface area contributed by atoms with Crippen LogP contribution in [0.4, 0.5) is 0 Å². The summed E-state index contributed by atoms with van der Waals surface area (Å²) in [7, 11) is 0. The molecule has 0 nitrogen and oxygen atoms in total. The Morgan fingerprint density at radius 1 is 1.62 bits per heavy atom. The zero-order valence-electron chi connectivity index (χ0n) is 5.28. The van der Waals surface area contributed by atoms with Gasteiger partial charge in [-0.3, -0.25) is 0 Å². The molecule has 0 saturated heterocycles. The van der Waals surface area contributed by atoms with Crippen LogP contribution in [0.1, 0.15) is 32.6 Å². The fourth-order valence-corrected chi connectivity index (χ4v) is 1.62. The van der Waals surface area contributed by atoms with Gasteiger partial charge >= 0.3 is 0 Å². The van der Waals surface area contributed by atoms with Crippen LogP contribution in [0.2, 0.25) is 0 Å². The summed E-state index contributed by atoms with van der Waals surface area (Å²) in [5.41, 5.74) is 0.